The minimum absolute atomic E-state index is 0.474. The van der Waals surface area contributed by atoms with Crippen molar-refractivity contribution in [2.75, 3.05) is 7.11 Å². The van der Waals surface area contributed by atoms with Gasteiger partial charge >= 0.3 is 132 Å². The van der Waals surface area contributed by atoms with Crippen molar-refractivity contribution in [3.8, 4) is 0 Å². The zero-order valence-electron chi connectivity index (χ0n) is 14.3. The Balaban J connectivity index is 2.67. The molecular formula is C19H31BO. The third-order valence-corrected chi connectivity index (χ3v) is 4.37. The molecule has 1 aliphatic rings. The molecule has 1 rings (SSSR count). The van der Waals surface area contributed by atoms with Crippen LogP contribution in [0.1, 0.15) is 52.9 Å². The zero-order chi connectivity index (χ0) is 15.7. The van der Waals surface area contributed by atoms with Gasteiger partial charge < -0.3 is 0 Å². The van der Waals surface area contributed by atoms with E-state index in [0.717, 1.165) is 12.1 Å². The predicted molar refractivity (Wildman–Crippen MR) is 96.1 cm³/mol. The molecule has 0 saturated carbocycles. The predicted octanol–water partition coefficient (Wildman–Crippen LogP) is 4.57. The molecule has 0 bridgehead atoms. The Kier molecular flexibility index (Phi) is 8.41. The van der Waals surface area contributed by atoms with Gasteiger partial charge in [0.2, 0.25) is 0 Å². The molecule has 0 N–H and O–H groups in total. The van der Waals surface area contributed by atoms with Crippen molar-refractivity contribution in [1.29, 1.82) is 0 Å². The summed E-state index contributed by atoms with van der Waals surface area (Å²) in [4.78, 5) is 0. The van der Waals surface area contributed by atoms with Crippen molar-refractivity contribution in [3.63, 3.8) is 0 Å². The zero-order valence-corrected chi connectivity index (χ0v) is 14.3. The first kappa shape index (κ1) is 18.0. The number of unbranched alkanes of at least 4 members (excludes halogenated alkanes) is 2. The van der Waals surface area contributed by atoms with E-state index in [1.165, 1.54) is 31.3 Å². The molecule has 21 heavy (non-hydrogen) atoms. The minimum atomic E-state index is 0.474. The van der Waals surface area contributed by atoms with E-state index in [-0.39, 0.29) is 0 Å². The second kappa shape index (κ2) is 9.81. The van der Waals surface area contributed by atoms with E-state index in [4.69, 9.17) is 4.74 Å². The molecule has 0 radical (unpaired) electrons. The Labute approximate surface area is 132 Å². The average molecular weight is 286 g/mol. The van der Waals surface area contributed by atoms with Gasteiger partial charge in [-0.05, 0) is 0 Å². The fourth-order valence-electron chi connectivity index (χ4n) is 3.12. The summed E-state index contributed by atoms with van der Waals surface area (Å²) in [7, 11) is 5.69. The molecule has 0 heterocycles. The van der Waals surface area contributed by atoms with E-state index in [0.29, 0.717) is 17.8 Å². The fourth-order valence-corrected chi connectivity index (χ4v) is 3.12. The Morgan fingerprint density at radius 1 is 1.43 bits per heavy atom. The van der Waals surface area contributed by atoms with Crippen molar-refractivity contribution in [1.82, 2.24) is 0 Å². The first-order valence-electron chi connectivity index (χ1n) is 8.35. The van der Waals surface area contributed by atoms with Gasteiger partial charge in [0.15, 0.2) is 0 Å². The summed E-state index contributed by atoms with van der Waals surface area (Å²) in [6.45, 7) is 6.68. The van der Waals surface area contributed by atoms with Gasteiger partial charge in [0.1, 0.15) is 0 Å². The Hall–Kier alpha value is -1.05. The van der Waals surface area contributed by atoms with Crippen molar-refractivity contribution in [2.45, 2.75) is 52.9 Å². The number of hydrogen-bond donors (Lipinski definition) is 0. The van der Waals surface area contributed by atoms with Gasteiger partial charge in [-0.2, -0.15) is 0 Å². The second-order valence-electron chi connectivity index (χ2n) is 6.13. The maximum atomic E-state index is 5.27. The summed E-state index contributed by atoms with van der Waals surface area (Å²) in [5.41, 5.74) is 2.38. The Bertz CT molecular complexity index is 406. The van der Waals surface area contributed by atoms with Crippen LogP contribution in [-0.2, 0) is 4.74 Å². The normalized spacial score (nSPS) is 23.1. The van der Waals surface area contributed by atoms with Crippen molar-refractivity contribution in [2.24, 2.45) is 17.8 Å². The topological polar surface area (TPSA) is 9.23 Å². The maximum absolute atomic E-state index is 5.27. The summed E-state index contributed by atoms with van der Waals surface area (Å²) in [5, 5.41) is 0. The number of allylic oxidation sites excluding steroid dienone is 6. The summed E-state index contributed by atoms with van der Waals surface area (Å²) in [6.07, 6.45) is 17.7. The molecule has 0 spiro atoms. The summed E-state index contributed by atoms with van der Waals surface area (Å²) in [6, 6.07) is 0. The van der Waals surface area contributed by atoms with Crippen LogP contribution in [0.5, 0.6) is 0 Å². The molecule has 0 saturated heterocycles. The van der Waals surface area contributed by atoms with Gasteiger partial charge in [0.05, 0.1) is 0 Å². The Morgan fingerprint density at radius 3 is 2.76 bits per heavy atom. The standard InChI is InChI=1S/C19H31BO/c1-5-7-8-10-16-11-12-18(15(3)13-16)17(9-6-2)14-19(20)21-4/h6,9,11-13,15,17-18,20H,5,7-8,10,14H2,1-4H3/b9-6-. The van der Waals surface area contributed by atoms with Crippen LogP contribution in [0.2, 0.25) is 0 Å². The molecule has 116 valence electrons. The third-order valence-electron chi connectivity index (χ3n) is 4.37. The first-order chi connectivity index (χ1) is 10.1. The number of methoxy groups -OCH3 is 1. The van der Waals surface area contributed by atoms with E-state index in [9.17, 15) is 0 Å². The van der Waals surface area contributed by atoms with Crippen LogP contribution in [-0.4, -0.2) is 20.2 Å². The van der Waals surface area contributed by atoms with Crippen LogP contribution in [0.3, 0.4) is 0 Å². The Morgan fingerprint density at radius 2 is 2.19 bits per heavy atom. The van der Waals surface area contributed by atoms with Crippen molar-refractivity contribution >= 4 is 13.1 Å². The fraction of sp³-hybridized carbons (Fsp3) is 0.632. The molecule has 0 aromatic carbocycles. The number of hydrogen-bond acceptors (Lipinski definition) is 1. The average Bonchev–Trinajstić information content (AvgIpc) is 2.47. The van der Waals surface area contributed by atoms with E-state index in [1.54, 1.807) is 7.11 Å². The van der Waals surface area contributed by atoms with E-state index < -0.39 is 0 Å². The van der Waals surface area contributed by atoms with Gasteiger partial charge in [-0.1, -0.05) is 0 Å². The van der Waals surface area contributed by atoms with Crippen LogP contribution in [0.4, 0.5) is 0 Å². The van der Waals surface area contributed by atoms with E-state index >= 15 is 0 Å². The molecule has 2 heteroatoms. The molecule has 0 aliphatic heterocycles. The molecule has 0 aromatic rings. The van der Waals surface area contributed by atoms with Crippen molar-refractivity contribution < 1.29 is 4.74 Å². The number of rotatable bonds is 9. The van der Waals surface area contributed by atoms with Crippen LogP contribution >= 0.6 is 0 Å². The van der Waals surface area contributed by atoms with Gasteiger partial charge in [0.25, 0.3) is 0 Å². The van der Waals surface area contributed by atoms with Crippen LogP contribution in [0.25, 0.3) is 0 Å². The first-order valence-corrected chi connectivity index (χ1v) is 8.35. The van der Waals surface area contributed by atoms with Crippen LogP contribution in [0, 0.1) is 17.8 Å². The van der Waals surface area contributed by atoms with Gasteiger partial charge in [0, 0.05) is 0 Å². The molecule has 1 nitrogen and oxygen atoms in total. The summed E-state index contributed by atoms with van der Waals surface area (Å²) < 4.78 is 5.27. The monoisotopic (exact) mass is 286 g/mol. The van der Waals surface area contributed by atoms with E-state index in [1.807, 2.05) is 0 Å². The third kappa shape index (κ3) is 6.07. The molecule has 1 aliphatic carbocycles. The SMILES string of the molecule is B=C(CC(/C=C\C)C1C=CC(CCCCC)=CC1C)OC. The molecule has 3 atom stereocenters. The van der Waals surface area contributed by atoms with E-state index in [2.05, 4.69) is 58.6 Å². The molecule has 3 unspecified atom stereocenters. The molecule has 0 fully saturated rings. The van der Waals surface area contributed by atoms with Gasteiger partial charge in [-0.3, -0.25) is 0 Å². The van der Waals surface area contributed by atoms with Crippen molar-refractivity contribution in [3.05, 3.63) is 36.0 Å². The molecular weight excluding hydrogens is 255 g/mol. The summed E-state index contributed by atoms with van der Waals surface area (Å²) >= 11 is 0. The van der Waals surface area contributed by atoms with Crippen LogP contribution < -0.4 is 0 Å². The molecule has 0 amide bonds. The van der Waals surface area contributed by atoms with Crippen LogP contribution in [0.15, 0.2) is 36.0 Å². The van der Waals surface area contributed by atoms with Gasteiger partial charge in [-0.15, -0.1) is 0 Å². The quantitative estimate of drug-likeness (QED) is 0.342. The van der Waals surface area contributed by atoms with Gasteiger partial charge in [-0.25, -0.2) is 0 Å². The molecule has 0 aromatic heterocycles. The second-order valence-corrected chi connectivity index (χ2v) is 6.13. The summed E-state index contributed by atoms with van der Waals surface area (Å²) in [5.74, 6) is 1.60. The number of ether oxygens (including phenoxy) is 1.